The first kappa shape index (κ1) is 13.4. The minimum absolute atomic E-state index is 0.0759. The van der Waals surface area contributed by atoms with E-state index in [2.05, 4.69) is 4.84 Å². The molecule has 1 spiro atoms. The van der Waals surface area contributed by atoms with Crippen molar-refractivity contribution in [1.29, 1.82) is 0 Å². The van der Waals surface area contributed by atoms with Gasteiger partial charge in [0.05, 0.1) is 5.60 Å². The Bertz CT molecular complexity index is 426. The standard InChI is InChI=1S/C13H17NO6/c15-10-2-3-11(16)14(10)20-12(17)19-9-4-6-13(8-9)5-1-7-18-13/h9H,1-8H2/t9-,13+/m1/s1. The van der Waals surface area contributed by atoms with Crippen LogP contribution in [0.25, 0.3) is 0 Å². The predicted molar refractivity (Wildman–Crippen MR) is 64.2 cm³/mol. The van der Waals surface area contributed by atoms with Gasteiger partial charge in [0, 0.05) is 25.9 Å². The van der Waals surface area contributed by atoms with Crippen LogP contribution in [0.4, 0.5) is 4.79 Å². The van der Waals surface area contributed by atoms with Gasteiger partial charge >= 0.3 is 6.16 Å². The number of imide groups is 1. The van der Waals surface area contributed by atoms with E-state index in [0.29, 0.717) is 11.5 Å². The number of amides is 2. The van der Waals surface area contributed by atoms with E-state index in [9.17, 15) is 14.4 Å². The summed E-state index contributed by atoms with van der Waals surface area (Å²) in [5, 5.41) is 0.499. The molecule has 3 aliphatic rings. The summed E-state index contributed by atoms with van der Waals surface area (Å²) < 4.78 is 10.9. The van der Waals surface area contributed by atoms with Crippen molar-refractivity contribution in [2.45, 2.75) is 56.7 Å². The number of carbonyl (C=O) groups excluding carboxylic acids is 3. The van der Waals surface area contributed by atoms with E-state index < -0.39 is 18.0 Å². The average Bonchev–Trinajstić information content (AvgIpc) is 3.10. The molecule has 0 radical (unpaired) electrons. The van der Waals surface area contributed by atoms with Gasteiger partial charge < -0.3 is 9.47 Å². The van der Waals surface area contributed by atoms with Crippen molar-refractivity contribution in [3.63, 3.8) is 0 Å². The third-order valence-corrected chi connectivity index (χ3v) is 4.14. The van der Waals surface area contributed by atoms with Gasteiger partial charge in [0.2, 0.25) is 0 Å². The maximum absolute atomic E-state index is 11.6. The van der Waals surface area contributed by atoms with Gasteiger partial charge in [-0.15, -0.1) is 0 Å². The first-order valence-electron chi connectivity index (χ1n) is 6.96. The highest BCUT2D eigenvalue weighted by molar-refractivity contribution is 6.01. The molecule has 0 aromatic carbocycles. The van der Waals surface area contributed by atoms with Crippen LogP contribution in [0.15, 0.2) is 0 Å². The number of carbonyl (C=O) groups is 3. The SMILES string of the molecule is O=C(O[C@@H]1CC[C@@]2(CCCO2)C1)ON1C(=O)CCC1=O. The average molecular weight is 283 g/mol. The van der Waals surface area contributed by atoms with Crippen LogP contribution in [0.5, 0.6) is 0 Å². The molecule has 0 aromatic heterocycles. The van der Waals surface area contributed by atoms with Gasteiger partial charge in [-0.1, -0.05) is 5.06 Å². The van der Waals surface area contributed by atoms with E-state index in [1.54, 1.807) is 0 Å². The van der Waals surface area contributed by atoms with E-state index in [0.717, 1.165) is 32.3 Å². The van der Waals surface area contributed by atoms with Crippen LogP contribution >= 0.6 is 0 Å². The summed E-state index contributed by atoms with van der Waals surface area (Å²) >= 11 is 0. The van der Waals surface area contributed by atoms with Gasteiger partial charge in [0.1, 0.15) is 6.10 Å². The summed E-state index contributed by atoms with van der Waals surface area (Å²) in [5.74, 6) is -1.01. The van der Waals surface area contributed by atoms with Gasteiger partial charge in [0.25, 0.3) is 11.8 Å². The van der Waals surface area contributed by atoms with E-state index >= 15 is 0 Å². The van der Waals surface area contributed by atoms with E-state index in [4.69, 9.17) is 9.47 Å². The maximum atomic E-state index is 11.6. The fourth-order valence-corrected chi connectivity index (χ4v) is 3.15. The minimum Gasteiger partial charge on any atom is -0.429 e. The van der Waals surface area contributed by atoms with Gasteiger partial charge in [0.15, 0.2) is 0 Å². The second kappa shape index (κ2) is 5.05. The first-order valence-corrected chi connectivity index (χ1v) is 6.96. The molecule has 0 unspecified atom stereocenters. The molecule has 20 heavy (non-hydrogen) atoms. The summed E-state index contributed by atoms with van der Waals surface area (Å²) in [5.41, 5.74) is -0.149. The van der Waals surface area contributed by atoms with Crippen LogP contribution in [-0.4, -0.2) is 41.3 Å². The number of rotatable bonds is 2. The Hall–Kier alpha value is -1.63. The third-order valence-electron chi connectivity index (χ3n) is 4.14. The van der Waals surface area contributed by atoms with E-state index in [-0.39, 0.29) is 24.5 Å². The Morgan fingerprint density at radius 3 is 2.65 bits per heavy atom. The lowest BCUT2D eigenvalue weighted by Gasteiger charge is -2.22. The molecule has 3 rings (SSSR count). The second-order valence-corrected chi connectivity index (χ2v) is 5.54. The summed E-state index contributed by atoms with van der Waals surface area (Å²) in [6, 6.07) is 0. The molecule has 110 valence electrons. The lowest BCUT2D eigenvalue weighted by Crippen LogP contribution is -2.33. The number of hydrogen-bond donors (Lipinski definition) is 0. The van der Waals surface area contributed by atoms with Gasteiger partial charge in [-0.25, -0.2) is 4.79 Å². The Morgan fingerprint density at radius 2 is 2.00 bits per heavy atom. The second-order valence-electron chi connectivity index (χ2n) is 5.54. The topological polar surface area (TPSA) is 82.1 Å². The Balaban J connectivity index is 1.50. The molecule has 2 aliphatic heterocycles. The molecule has 0 aromatic rings. The molecule has 1 aliphatic carbocycles. The molecule has 7 nitrogen and oxygen atoms in total. The minimum atomic E-state index is -0.992. The largest absolute Gasteiger partial charge is 0.534 e. The lowest BCUT2D eigenvalue weighted by molar-refractivity contribution is -0.178. The molecule has 3 fully saturated rings. The summed E-state index contributed by atoms with van der Waals surface area (Å²) in [4.78, 5) is 38.9. The molecule has 1 saturated carbocycles. The van der Waals surface area contributed by atoms with Crippen molar-refractivity contribution in [2.75, 3.05) is 6.61 Å². The van der Waals surface area contributed by atoms with Crippen LogP contribution in [0.3, 0.4) is 0 Å². The van der Waals surface area contributed by atoms with Crippen molar-refractivity contribution in [3.8, 4) is 0 Å². The predicted octanol–water partition coefficient (Wildman–Crippen LogP) is 1.31. The highest BCUT2D eigenvalue weighted by Gasteiger charge is 2.44. The van der Waals surface area contributed by atoms with Gasteiger partial charge in [-0.05, 0) is 25.7 Å². The molecule has 2 atom stereocenters. The molecular weight excluding hydrogens is 266 g/mol. The van der Waals surface area contributed by atoms with E-state index in [1.165, 1.54) is 0 Å². The normalized spacial score (nSPS) is 33.2. The van der Waals surface area contributed by atoms with Crippen molar-refractivity contribution < 1.29 is 28.7 Å². The molecule has 7 heteroatoms. The van der Waals surface area contributed by atoms with Crippen LogP contribution in [0.1, 0.15) is 44.9 Å². The fraction of sp³-hybridized carbons (Fsp3) is 0.769. The Kier molecular flexibility index (Phi) is 3.37. The van der Waals surface area contributed by atoms with Crippen LogP contribution in [0, 0.1) is 0 Å². The molecule has 2 heterocycles. The number of ether oxygens (including phenoxy) is 2. The Labute approximate surface area is 116 Å². The smallest absolute Gasteiger partial charge is 0.429 e. The van der Waals surface area contributed by atoms with Crippen molar-refractivity contribution in [1.82, 2.24) is 5.06 Å². The third kappa shape index (κ3) is 2.49. The van der Waals surface area contributed by atoms with Gasteiger partial charge in [-0.3, -0.25) is 14.4 Å². The lowest BCUT2D eigenvalue weighted by atomic mass is 9.99. The molecule has 2 amide bonds. The summed E-state index contributed by atoms with van der Waals surface area (Å²) in [6.45, 7) is 0.758. The number of nitrogens with zero attached hydrogens (tertiary/aromatic N) is 1. The van der Waals surface area contributed by atoms with Crippen LogP contribution in [0.2, 0.25) is 0 Å². The van der Waals surface area contributed by atoms with Crippen molar-refractivity contribution in [3.05, 3.63) is 0 Å². The van der Waals surface area contributed by atoms with Crippen molar-refractivity contribution in [2.24, 2.45) is 0 Å². The van der Waals surface area contributed by atoms with E-state index in [1.807, 2.05) is 0 Å². The zero-order valence-corrected chi connectivity index (χ0v) is 11.1. The van der Waals surface area contributed by atoms with Gasteiger partial charge in [-0.2, -0.15) is 0 Å². The first-order chi connectivity index (χ1) is 9.58. The fourth-order valence-electron chi connectivity index (χ4n) is 3.15. The molecule has 0 N–H and O–H groups in total. The van der Waals surface area contributed by atoms with Crippen LogP contribution < -0.4 is 0 Å². The summed E-state index contributed by atoms with van der Waals surface area (Å²) in [6.07, 6.45) is 3.16. The highest BCUT2D eigenvalue weighted by Crippen LogP contribution is 2.42. The quantitative estimate of drug-likeness (QED) is 0.561. The monoisotopic (exact) mass is 283 g/mol. The molecule has 0 bridgehead atoms. The maximum Gasteiger partial charge on any atom is 0.534 e. The highest BCUT2D eigenvalue weighted by atomic mass is 16.8. The van der Waals surface area contributed by atoms with Crippen LogP contribution in [-0.2, 0) is 23.9 Å². The molecular formula is C13H17NO6. The zero-order valence-electron chi connectivity index (χ0n) is 11.1. The number of hydroxylamine groups is 2. The Morgan fingerprint density at radius 1 is 1.25 bits per heavy atom. The number of hydrogen-bond acceptors (Lipinski definition) is 6. The summed E-state index contributed by atoms with van der Waals surface area (Å²) in [7, 11) is 0. The molecule has 2 saturated heterocycles. The zero-order chi connectivity index (χ0) is 14.2. The van der Waals surface area contributed by atoms with Crippen molar-refractivity contribution >= 4 is 18.0 Å².